The van der Waals surface area contributed by atoms with Gasteiger partial charge in [-0.25, -0.2) is 4.39 Å². The number of Topliss-reactive ketones (excluding diaryl/α,β-unsaturated/α-hetero) is 1. The van der Waals surface area contributed by atoms with E-state index < -0.39 is 40.1 Å². The van der Waals surface area contributed by atoms with Gasteiger partial charge in [-0.2, -0.15) is 13.2 Å². The van der Waals surface area contributed by atoms with Gasteiger partial charge in [0, 0.05) is 11.1 Å². The molecule has 0 aliphatic carbocycles. The number of alkyl halides is 3. The zero-order valence-electron chi connectivity index (χ0n) is 15.2. The van der Waals surface area contributed by atoms with Gasteiger partial charge in [0.1, 0.15) is 12.0 Å². The normalized spacial score (nSPS) is 17.6. The second kappa shape index (κ2) is 6.93. The Hall–Kier alpha value is -2.32. The quantitative estimate of drug-likeness (QED) is 0.536. The predicted molar refractivity (Wildman–Crippen MR) is 97.2 cm³/mol. The molecular weight excluding hydrogens is 396 g/mol. The van der Waals surface area contributed by atoms with E-state index in [9.17, 15) is 26.9 Å². The topological polar surface area (TPSA) is 49.4 Å². The van der Waals surface area contributed by atoms with Crippen molar-refractivity contribution in [3.8, 4) is 0 Å². The Morgan fingerprint density at radius 3 is 2.32 bits per heavy atom. The van der Waals surface area contributed by atoms with Crippen LogP contribution in [0.25, 0.3) is 11.3 Å². The van der Waals surface area contributed by atoms with Crippen LogP contribution >= 0.6 is 0 Å². The first-order valence-corrected chi connectivity index (χ1v) is 9.77. The van der Waals surface area contributed by atoms with Crippen molar-refractivity contribution < 1.29 is 31.6 Å². The van der Waals surface area contributed by atoms with Gasteiger partial charge >= 0.3 is 6.18 Å². The van der Waals surface area contributed by atoms with E-state index in [0.29, 0.717) is 0 Å². The minimum Gasteiger partial charge on any atom is -0.612 e. The van der Waals surface area contributed by atoms with Crippen LogP contribution < -0.4 is 0 Å². The first kappa shape index (κ1) is 20.4. The van der Waals surface area contributed by atoms with Gasteiger partial charge in [0.15, 0.2) is 16.3 Å². The van der Waals surface area contributed by atoms with E-state index in [-0.39, 0.29) is 27.4 Å². The minimum absolute atomic E-state index is 0.0508. The van der Waals surface area contributed by atoms with Crippen molar-refractivity contribution in [2.45, 2.75) is 30.5 Å². The molecule has 1 aliphatic heterocycles. The highest BCUT2D eigenvalue weighted by Gasteiger charge is 2.45. The molecule has 2 aromatic rings. The van der Waals surface area contributed by atoms with Gasteiger partial charge in [0.25, 0.3) is 0 Å². The zero-order valence-corrected chi connectivity index (χ0v) is 16.0. The Labute approximate surface area is 162 Å². The number of hydrogen-bond acceptors (Lipinski definition) is 3. The molecule has 0 spiro atoms. The van der Waals surface area contributed by atoms with Gasteiger partial charge in [-0.15, -0.1) is 0 Å². The molecule has 1 unspecified atom stereocenters. The van der Waals surface area contributed by atoms with Crippen molar-refractivity contribution in [1.82, 2.24) is 0 Å². The average Bonchev–Trinajstić information content (AvgIpc) is 2.83. The first-order valence-electron chi connectivity index (χ1n) is 8.21. The summed E-state index contributed by atoms with van der Waals surface area (Å²) in [6, 6.07) is 8.33. The maximum Gasteiger partial charge on any atom is 0.417 e. The van der Waals surface area contributed by atoms with E-state index in [1.807, 2.05) is 0 Å². The van der Waals surface area contributed by atoms with Crippen molar-refractivity contribution in [1.29, 1.82) is 0 Å². The Morgan fingerprint density at radius 2 is 1.75 bits per heavy atom. The van der Waals surface area contributed by atoms with Crippen molar-refractivity contribution >= 4 is 28.3 Å². The fraction of sp³-hybridized carbons (Fsp3) is 0.250. The van der Waals surface area contributed by atoms with Gasteiger partial charge in [-0.3, -0.25) is 4.79 Å². The lowest BCUT2D eigenvalue weighted by Crippen LogP contribution is -2.29. The van der Waals surface area contributed by atoms with Crippen molar-refractivity contribution in [2.75, 3.05) is 6.26 Å². The summed E-state index contributed by atoms with van der Waals surface area (Å²) in [6.07, 6.45) is -3.38. The van der Waals surface area contributed by atoms with Gasteiger partial charge in [0.2, 0.25) is 5.78 Å². The third kappa shape index (κ3) is 3.54. The third-order valence-corrected chi connectivity index (χ3v) is 5.31. The van der Waals surface area contributed by atoms with Crippen LogP contribution in [-0.4, -0.2) is 22.2 Å². The lowest BCUT2D eigenvalue weighted by Gasteiger charge is -2.18. The maximum absolute atomic E-state index is 14.3. The van der Waals surface area contributed by atoms with Crippen LogP contribution in [0.2, 0.25) is 0 Å². The molecule has 0 saturated carbocycles. The minimum atomic E-state index is -4.68. The van der Waals surface area contributed by atoms with Crippen molar-refractivity contribution in [3.05, 3.63) is 65.0 Å². The zero-order chi connectivity index (χ0) is 20.9. The molecule has 2 aromatic carbocycles. The van der Waals surface area contributed by atoms with E-state index in [0.717, 1.165) is 12.1 Å². The number of hydrogen-bond donors (Lipinski definition) is 0. The average molecular weight is 412 g/mol. The van der Waals surface area contributed by atoms with Crippen LogP contribution in [0.15, 0.2) is 47.4 Å². The van der Waals surface area contributed by atoms with Gasteiger partial charge in [0.05, 0.1) is 11.1 Å². The number of ketones is 1. The van der Waals surface area contributed by atoms with Crippen LogP contribution in [-0.2, 0) is 26.9 Å². The largest absolute Gasteiger partial charge is 0.612 e. The standard InChI is InChI=1S/C20H16F4O3S/c1-19(2)18(25)16(12-6-4-5-7-13(12)20(22,23)24)17(27-19)11-8-9-15(28(3)26)14(21)10-11/h4-10H,1-3H3. The maximum atomic E-state index is 14.3. The van der Waals surface area contributed by atoms with Crippen molar-refractivity contribution in [3.63, 3.8) is 0 Å². The molecule has 148 valence electrons. The Bertz CT molecular complexity index is 978. The van der Waals surface area contributed by atoms with E-state index in [4.69, 9.17) is 4.74 Å². The predicted octanol–water partition coefficient (Wildman–Crippen LogP) is 4.83. The molecule has 1 atom stereocenters. The number of ether oxygens (including phenoxy) is 1. The summed E-state index contributed by atoms with van der Waals surface area (Å²) in [5.41, 5.74) is -2.89. The number of halogens is 4. The molecule has 0 N–H and O–H groups in total. The Kier molecular flexibility index (Phi) is 5.05. The van der Waals surface area contributed by atoms with E-state index in [1.54, 1.807) is 0 Å². The smallest absolute Gasteiger partial charge is 0.417 e. The fourth-order valence-corrected chi connectivity index (χ4v) is 3.62. The second-order valence-corrected chi connectivity index (χ2v) is 8.14. The number of rotatable bonds is 3. The Balaban J connectivity index is 2.27. The van der Waals surface area contributed by atoms with E-state index in [2.05, 4.69) is 0 Å². The van der Waals surface area contributed by atoms with Gasteiger partial charge < -0.3 is 9.29 Å². The lowest BCUT2D eigenvalue weighted by molar-refractivity contribution is -0.137. The summed E-state index contributed by atoms with van der Waals surface area (Å²) in [5, 5.41) is 0. The fourth-order valence-electron chi connectivity index (χ4n) is 3.03. The second-order valence-electron chi connectivity index (χ2n) is 6.79. The molecule has 0 radical (unpaired) electrons. The molecule has 1 heterocycles. The van der Waals surface area contributed by atoms with Crippen LogP contribution in [0.5, 0.6) is 0 Å². The summed E-state index contributed by atoms with van der Waals surface area (Å²) < 4.78 is 72.0. The highest BCUT2D eigenvalue weighted by molar-refractivity contribution is 7.90. The number of carbonyl (C=O) groups excluding carboxylic acids is 1. The SMILES string of the molecule is C[S+]([O-])c1ccc(C2=C(c3ccccc3C(F)(F)F)C(=O)C(C)(C)O2)cc1F. The number of benzene rings is 2. The highest BCUT2D eigenvalue weighted by Crippen LogP contribution is 2.45. The molecule has 28 heavy (non-hydrogen) atoms. The van der Waals surface area contributed by atoms with Crippen LogP contribution in [0.1, 0.15) is 30.5 Å². The van der Waals surface area contributed by atoms with Gasteiger partial charge in [-0.1, -0.05) is 18.2 Å². The third-order valence-electron chi connectivity index (χ3n) is 4.36. The molecule has 0 aromatic heterocycles. The molecule has 0 bridgehead atoms. The molecule has 0 saturated heterocycles. The first-order chi connectivity index (χ1) is 12.9. The molecule has 3 rings (SSSR count). The monoisotopic (exact) mass is 412 g/mol. The molecule has 1 aliphatic rings. The summed E-state index contributed by atoms with van der Waals surface area (Å²) in [6.45, 7) is 2.87. The molecule has 8 heteroatoms. The summed E-state index contributed by atoms with van der Waals surface area (Å²) in [4.78, 5) is 12.8. The van der Waals surface area contributed by atoms with Crippen LogP contribution in [0, 0.1) is 5.82 Å². The van der Waals surface area contributed by atoms with Crippen molar-refractivity contribution in [2.24, 2.45) is 0 Å². The Morgan fingerprint density at radius 1 is 1.11 bits per heavy atom. The highest BCUT2D eigenvalue weighted by atomic mass is 32.2. The molecule has 0 amide bonds. The van der Waals surface area contributed by atoms with E-state index >= 15 is 0 Å². The molecule has 0 fully saturated rings. The number of carbonyl (C=O) groups is 1. The molecular formula is C20H16F4O3S. The van der Waals surface area contributed by atoms with Gasteiger partial charge in [-0.05, 0) is 49.3 Å². The summed E-state index contributed by atoms with van der Waals surface area (Å²) in [7, 11) is 0. The summed E-state index contributed by atoms with van der Waals surface area (Å²) in [5.74, 6) is -1.57. The summed E-state index contributed by atoms with van der Waals surface area (Å²) >= 11 is -1.58. The lowest BCUT2D eigenvalue weighted by atomic mass is 9.90. The van der Waals surface area contributed by atoms with Crippen LogP contribution in [0.4, 0.5) is 17.6 Å². The molecule has 3 nitrogen and oxygen atoms in total. The van der Waals surface area contributed by atoms with E-state index in [1.165, 1.54) is 50.4 Å². The van der Waals surface area contributed by atoms with Crippen LogP contribution in [0.3, 0.4) is 0 Å².